The van der Waals surface area contributed by atoms with Gasteiger partial charge in [0, 0.05) is 43.3 Å². The molecule has 0 N–H and O–H groups in total. The summed E-state index contributed by atoms with van der Waals surface area (Å²) in [6.45, 7) is 4.73. The minimum absolute atomic E-state index is 0.144. The Kier molecular flexibility index (Phi) is 6.09. The van der Waals surface area contributed by atoms with Crippen molar-refractivity contribution in [3.8, 4) is 34.0 Å². The van der Waals surface area contributed by atoms with Crippen molar-refractivity contribution in [2.75, 3.05) is 0 Å². The van der Waals surface area contributed by atoms with Crippen LogP contribution in [0.5, 0.6) is 0 Å². The summed E-state index contributed by atoms with van der Waals surface area (Å²) in [4.78, 5) is 10.6. The average Bonchev–Trinajstić information content (AvgIpc) is 3.82. The van der Waals surface area contributed by atoms with Gasteiger partial charge < -0.3 is 4.57 Å². The maximum absolute atomic E-state index is 5.50. The first kappa shape index (κ1) is 30.4. The third-order valence-electron chi connectivity index (χ3n) is 12.1. The Bertz CT molecular complexity index is 3350. The van der Waals surface area contributed by atoms with Crippen LogP contribution in [0.1, 0.15) is 25.0 Å². The van der Waals surface area contributed by atoms with E-state index in [4.69, 9.17) is 9.97 Å². The molecule has 0 aliphatic heterocycles. The highest BCUT2D eigenvalue weighted by molar-refractivity contribution is 6.25. The lowest BCUT2D eigenvalue weighted by molar-refractivity contribution is 0.661. The minimum atomic E-state index is -0.144. The highest BCUT2D eigenvalue weighted by Crippen LogP contribution is 2.52. The molecule has 0 unspecified atom stereocenters. The van der Waals surface area contributed by atoms with Crippen LogP contribution in [0.2, 0.25) is 0 Å². The largest absolute Gasteiger partial charge is 0.309 e. The lowest BCUT2D eigenvalue weighted by Gasteiger charge is -2.21. The highest BCUT2D eigenvalue weighted by atomic mass is 15.1. The van der Waals surface area contributed by atoms with Gasteiger partial charge in [0.05, 0.1) is 33.3 Å². The molecule has 12 rings (SSSR count). The van der Waals surface area contributed by atoms with Crippen molar-refractivity contribution in [3.05, 3.63) is 181 Å². The molecule has 4 heteroatoms. The zero-order valence-electron chi connectivity index (χ0n) is 30.5. The first-order valence-electron chi connectivity index (χ1n) is 19.0. The van der Waals surface area contributed by atoms with Crippen LogP contribution in [0.15, 0.2) is 170 Å². The summed E-state index contributed by atoms with van der Waals surface area (Å²) >= 11 is 0. The fourth-order valence-electron chi connectivity index (χ4n) is 9.59. The first-order valence-corrected chi connectivity index (χ1v) is 19.0. The number of rotatable bonds is 3. The van der Waals surface area contributed by atoms with Crippen molar-refractivity contribution in [3.63, 3.8) is 0 Å². The molecule has 0 spiro atoms. The molecule has 3 heterocycles. The van der Waals surface area contributed by atoms with Gasteiger partial charge in [-0.1, -0.05) is 141 Å². The van der Waals surface area contributed by atoms with E-state index in [2.05, 4.69) is 187 Å². The minimum Gasteiger partial charge on any atom is -0.309 e. The molecule has 8 aromatic carbocycles. The van der Waals surface area contributed by atoms with E-state index in [1.807, 2.05) is 6.07 Å². The fourth-order valence-corrected chi connectivity index (χ4v) is 9.59. The summed E-state index contributed by atoms with van der Waals surface area (Å²) in [5.41, 5.74) is 12.8. The van der Waals surface area contributed by atoms with E-state index in [0.717, 1.165) is 39.0 Å². The van der Waals surface area contributed by atoms with Gasteiger partial charge in [0.25, 0.3) is 0 Å². The standard InChI is InChI=1S/C51H34N4/c1-51(2)40-24-12-8-18-32(40)38-29-45-39(28-41(38)51)48-36-22-7-6-21-35(36)46(54-43-26-14-10-19-33(43)34-20-11-15-27-44(34)54)30-47(48)55(45)50-37-23-9-13-25-42(37)52-49(53-50)31-16-4-3-5-17-31/h3-30H,1-2H3. The van der Waals surface area contributed by atoms with Crippen molar-refractivity contribution < 1.29 is 0 Å². The Morgan fingerprint density at radius 1 is 0.418 bits per heavy atom. The summed E-state index contributed by atoms with van der Waals surface area (Å²) in [6.07, 6.45) is 0. The van der Waals surface area contributed by atoms with Crippen molar-refractivity contribution >= 4 is 65.3 Å². The molecule has 0 amide bonds. The molecule has 4 nitrogen and oxygen atoms in total. The molecule has 258 valence electrons. The zero-order chi connectivity index (χ0) is 36.4. The van der Waals surface area contributed by atoms with E-state index in [1.54, 1.807) is 0 Å². The van der Waals surface area contributed by atoms with Gasteiger partial charge in [0.15, 0.2) is 5.82 Å². The van der Waals surface area contributed by atoms with Crippen LogP contribution in [-0.2, 0) is 5.41 Å². The van der Waals surface area contributed by atoms with Crippen molar-refractivity contribution in [2.24, 2.45) is 0 Å². The first-order chi connectivity index (χ1) is 27.1. The van der Waals surface area contributed by atoms with E-state index in [0.29, 0.717) is 5.82 Å². The Labute approximate surface area is 317 Å². The van der Waals surface area contributed by atoms with Gasteiger partial charge in [-0.25, -0.2) is 9.97 Å². The number of hydrogen-bond donors (Lipinski definition) is 0. The molecular formula is C51H34N4. The monoisotopic (exact) mass is 702 g/mol. The van der Waals surface area contributed by atoms with Crippen LogP contribution in [0.4, 0.5) is 0 Å². The summed E-state index contributed by atoms with van der Waals surface area (Å²) in [5, 5.41) is 8.38. The van der Waals surface area contributed by atoms with E-state index in [1.165, 1.54) is 65.6 Å². The fraction of sp³-hybridized carbons (Fsp3) is 0.0588. The molecule has 0 atom stereocenters. The highest BCUT2D eigenvalue weighted by Gasteiger charge is 2.36. The predicted octanol–water partition coefficient (Wildman–Crippen LogP) is 13.0. The Hall–Kier alpha value is -7.04. The number of benzene rings is 8. The van der Waals surface area contributed by atoms with Crippen LogP contribution >= 0.6 is 0 Å². The lowest BCUT2D eigenvalue weighted by atomic mass is 9.82. The molecule has 0 saturated heterocycles. The zero-order valence-corrected chi connectivity index (χ0v) is 30.5. The van der Waals surface area contributed by atoms with Crippen molar-refractivity contribution in [1.29, 1.82) is 0 Å². The normalized spacial score (nSPS) is 13.4. The smallest absolute Gasteiger partial charge is 0.162 e. The van der Waals surface area contributed by atoms with Crippen molar-refractivity contribution in [2.45, 2.75) is 19.3 Å². The molecule has 0 saturated carbocycles. The van der Waals surface area contributed by atoms with E-state index < -0.39 is 0 Å². The second kappa shape index (κ2) is 11.0. The number of nitrogens with zero attached hydrogens (tertiary/aromatic N) is 4. The molecule has 0 bridgehead atoms. The number of aromatic nitrogens is 4. The van der Waals surface area contributed by atoms with Gasteiger partial charge in [-0.15, -0.1) is 0 Å². The average molecular weight is 703 g/mol. The molecule has 3 aromatic heterocycles. The van der Waals surface area contributed by atoms with Crippen LogP contribution in [0, 0.1) is 0 Å². The maximum atomic E-state index is 5.50. The topological polar surface area (TPSA) is 35.6 Å². The molecular weight excluding hydrogens is 669 g/mol. The van der Waals surface area contributed by atoms with Gasteiger partial charge in [-0.2, -0.15) is 0 Å². The van der Waals surface area contributed by atoms with Gasteiger partial charge >= 0.3 is 0 Å². The Balaban J connectivity index is 1.31. The SMILES string of the molecule is CC1(C)c2ccccc2-c2cc3c(cc21)c1c2ccccc2c(-n2c4ccccc4c4ccccc42)cc1n3-c1nc(-c2ccccc2)nc2ccccc12. The number of fused-ring (bicyclic) bond motifs is 12. The summed E-state index contributed by atoms with van der Waals surface area (Å²) in [5.74, 6) is 1.58. The lowest BCUT2D eigenvalue weighted by Crippen LogP contribution is -2.14. The molecule has 0 fully saturated rings. The third-order valence-corrected chi connectivity index (χ3v) is 12.1. The number of hydrogen-bond acceptors (Lipinski definition) is 2. The van der Waals surface area contributed by atoms with Gasteiger partial charge in [0.1, 0.15) is 5.82 Å². The maximum Gasteiger partial charge on any atom is 0.162 e. The molecule has 1 aliphatic carbocycles. The van der Waals surface area contributed by atoms with E-state index >= 15 is 0 Å². The predicted molar refractivity (Wildman–Crippen MR) is 229 cm³/mol. The Morgan fingerprint density at radius 3 is 1.80 bits per heavy atom. The van der Waals surface area contributed by atoms with E-state index in [-0.39, 0.29) is 5.41 Å². The number of para-hydroxylation sites is 3. The summed E-state index contributed by atoms with van der Waals surface area (Å²) in [7, 11) is 0. The Morgan fingerprint density at radius 2 is 1.04 bits per heavy atom. The van der Waals surface area contributed by atoms with Crippen LogP contribution < -0.4 is 0 Å². The molecule has 0 radical (unpaired) electrons. The third kappa shape index (κ3) is 4.11. The quantitative estimate of drug-likeness (QED) is 0.184. The summed E-state index contributed by atoms with van der Waals surface area (Å²) < 4.78 is 4.89. The van der Waals surface area contributed by atoms with Crippen LogP contribution in [0.25, 0.3) is 99.3 Å². The molecule has 1 aliphatic rings. The molecule has 11 aromatic rings. The van der Waals surface area contributed by atoms with Gasteiger partial charge in [-0.05, 0) is 70.1 Å². The second-order valence-electron chi connectivity index (χ2n) is 15.4. The summed E-state index contributed by atoms with van der Waals surface area (Å²) in [6, 6.07) is 61.5. The van der Waals surface area contributed by atoms with Crippen molar-refractivity contribution in [1.82, 2.24) is 19.1 Å². The molecule has 55 heavy (non-hydrogen) atoms. The van der Waals surface area contributed by atoms with Crippen LogP contribution in [0.3, 0.4) is 0 Å². The van der Waals surface area contributed by atoms with E-state index in [9.17, 15) is 0 Å². The second-order valence-corrected chi connectivity index (χ2v) is 15.4. The van der Waals surface area contributed by atoms with Gasteiger partial charge in [-0.3, -0.25) is 4.57 Å². The van der Waals surface area contributed by atoms with Gasteiger partial charge in [0.2, 0.25) is 0 Å². The van der Waals surface area contributed by atoms with Crippen LogP contribution in [-0.4, -0.2) is 19.1 Å².